The lowest BCUT2D eigenvalue weighted by atomic mass is 10.1. The molecule has 0 fully saturated rings. The molecule has 17 heavy (non-hydrogen) atoms. The van der Waals surface area contributed by atoms with Crippen LogP contribution in [0.3, 0.4) is 0 Å². The molecule has 88 valence electrons. The van der Waals surface area contributed by atoms with E-state index in [0.29, 0.717) is 10.9 Å². The first-order valence-corrected chi connectivity index (χ1v) is 5.11. The summed E-state index contributed by atoms with van der Waals surface area (Å²) in [7, 11) is 0. The van der Waals surface area contributed by atoms with E-state index < -0.39 is 19.0 Å². The lowest BCUT2D eigenvalue weighted by molar-refractivity contribution is 0.0162. The van der Waals surface area contributed by atoms with Crippen LogP contribution in [-0.4, -0.2) is 19.0 Å². The predicted octanol–water partition coefficient (Wildman–Crippen LogP) is 3.26. The van der Waals surface area contributed by atoms with Crippen LogP contribution in [0.1, 0.15) is 10.4 Å². The summed E-state index contributed by atoms with van der Waals surface area (Å²) in [6.45, 7) is -0.873. The Hall–Kier alpha value is -1.97. The fourth-order valence-corrected chi connectivity index (χ4v) is 1.62. The second kappa shape index (κ2) is 4.91. The maximum atomic E-state index is 11.9. The van der Waals surface area contributed by atoms with Crippen molar-refractivity contribution in [3.05, 3.63) is 48.0 Å². The minimum atomic E-state index is -2.64. The molecule has 0 amide bonds. The zero-order valence-corrected chi connectivity index (χ0v) is 8.90. The zero-order valence-electron chi connectivity index (χ0n) is 8.90. The SMILES string of the molecule is O=C(OCC(F)F)c1cccc2ccccc12. The third-order valence-electron chi connectivity index (χ3n) is 2.35. The van der Waals surface area contributed by atoms with Crippen molar-refractivity contribution in [3.8, 4) is 0 Å². The number of esters is 1. The molecular weight excluding hydrogens is 226 g/mol. The van der Waals surface area contributed by atoms with Gasteiger partial charge in [0.05, 0.1) is 5.56 Å². The van der Waals surface area contributed by atoms with Gasteiger partial charge in [0.1, 0.15) is 0 Å². The Morgan fingerprint density at radius 2 is 1.82 bits per heavy atom. The first-order chi connectivity index (χ1) is 8.18. The highest BCUT2D eigenvalue weighted by atomic mass is 19.3. The van der Waals surface area contributed by atoms with Gasteiger partial charge in [-0.25, -0.2) is 13.6 Å². The summed E-state index contributed by atoms with van der Waals surface area (Å²) in [6, 6.07) is 12.3. The number of alkyl halides is 2. The average molecular weight is 236 g/mol. The smallest absolute Gasteiger partial charge is 0.338 e. The standard InChI is InChI=1S/C13H10F2O2/c14-12(15)8-17-13(16)11-7-3-5-9-4-1-2-6-10(9)11/h1-7,12H,8H2. The summed E-state index contributed by atoms with van der Waals surface area (Å²) < 4.78 is 28.4. The van der Waals surface area contributed by atoms with E-state index in [4.69, 9.17) is 0 Å². The third kappa shape index (κ3) is 2.58. The fourth-order valence-electron chi connectivity index (χ4n) is 1.62. The predicted molar refractivity (Wildman–Crippen MR) is 60.2 cm³/mol. The zero-order chi connectivity index (χ0) is 12.3. The normalized spacial score (nSPS) is 10.8. The molecule has 0 radical (unpaired) electrons. The Bertz CT molecular complexity index is 532. The second-order valence-corrected chi connectivity index (χ2v) is 3.52. The Labute approximate surface area is 96.8 Å². The highest BCUT2D eigenvalue weighted by Crippen LogP contribution is 2.19. The maximum absolute atomic E-state index is 11.9. The van der Waals surface area contributed by atoms with Crippen LogP contribution in [0.4, 0.5) is 8.78 Å². The van der Waals surface area contributed by atoms with Crippen LogP contribution in [0.15, 0.2) is 42.5 Å². The molecular formula is C13H10F2O2. The van der Waals surface area contributed by atoms with Crippen molar-refractivity contribution >= 4 is 16.7 Å². The number of ether oxygens (including phenoxy) is 1. The van der Waals surface area contributed by atoms with Crippen LogP contribution in [0, 0.1) is 0 Å². The number of fused-ring (bicyclic) bond motifs is 1. The molecule has 0 aliphatic heterocycles. The molecule has 0 heterocycles. The number of hydrogen-bond donors (Lipinski definition) is 0. The van der Waals surface area contributed by atoms with E-state index in [-0.39, 0.29) is 0 Å². The maximum Gasteiger partial charge on any atom is 0.338 e. The number of benzene rings is 2. The van der Waals surface area contributed by atoms with Crippen molar-refractivity contribution in [1.82, 2.24) is 0 Å². The second-order valence-electron chi connectivity index (χ2n) is 3.52. The first kappa shape index (κ1) is 11.5. The molecule has 2 aromatic carbocycles. The van der Waals surface area contributed by atoms with Gasteiger partial charge in [-0.1, -0.05) is 36.4 Å². The Morgan fingerprint density at radius 3 is 2.59 bits per heavy atom. The van der Waals surface area contributed by atoms with E-state index in [1.54, 1.807) is 24.3 Å². The van der Waals surface area contributed by atoms with Crippen molar-refractivity contribution < 1.29 is 18.3 Å². The molecule has 0 unspecified atom stereocenters. The van der Waals surface area contributed by atoms with E-state index in [9.17, 15) is 13.6 Å². The molecule has 0 aliphatic rings. The Kier molecular flexibility index (Phi) is 3.32. The van der Waals surface area contributed by atoms with Gasteiger partial charge in [0.25, 0.3) is 6.43 Å². The van der Waals surface area contributed by atoms with Crippen molar-refractivity contribution in [3.63, 3.8) is 0 Å². The molecule has 0 aromatic heterocycles. The molecule has 0 aliphatic carbocycles. The topological polar surface area (TPSA) is 26.3 Å². The minimum absolute atomic E-state index is 0.309. The van der Waals surface area contributed by atoms with Crippen molar-refractivity contribution in [1.29, 1.82) is 0 Å². The van der Waals surface area contributed by atoms with Crippen LogP contribution < -0.4 is 0 Å². The number of halogens is 2. The van der Waals surface area contributed by atoms with Gasteiger partial charge in [-0.15, -0.1) is 0 Å². The number of rotatable bonds is 3. The van der Waals surface area contributed by atoms with Crippen LogP contribution in [0.25, 0.3) is 10.8 Å². The van der Waals surface area contributed by atoms with Crippen molar-refractivity contribution in [2.45, 2.75) is 6.43 Å². The molecule has 4 heteroatoms. The number of carbonyl (C=O) groups is 1. The molecule has 0 saturated carbocycles. The Morgan fingerprint density at radius 1 is 1.12 bits per heavy atom. The summed E-state index contributed by atoms with van der Waals surface area (Å²) >= 11 is 0. The monoisotopic (exact) mass is 236 g/mol. The van der Waals surface area contributed by atoms with Gasteiger partial charge >= 0.3 is 5.97 Å². The highest BCUT2D eigenvalue weighted by Gasteiger charge is 2.13. The van der Waals surface area contributed by atoms with Gasteiger partial charge in [0.15, 0.2) is 6.61 Å². The summed E-state index contributed by atoms with van der Waals surface area (Å²) in [5.74, 6) is -0.720. The molecule has 2 rings (SSSR count). The van der Waals surface area contributed by atoms with Crippen LogP contribution in [0.5, 0.6) is 0 Å². The van der Waals surface area contributed by atoms with E-state index >= 15 is 0 Å². The largest absolute Gasteiger partial charge is 0.456 e. The number of carbonyl (C=O) groups excluding carboxylic acids is 1. The van der Waals surface area contributed by atoms with Crippen molar-refractivity contribution in [2.24, 2.45) is 0 Å². The molecule has 2 aromatic rings. The molecule has 2 nitrogen and oxygen atoms in total. The van der Waals surface area contributed by atoms with Gasteiger partial charge in [-0.3, -0.25) is 0 Å². The average Bonchev–Trinajstić information content (AvgIpc) is 2.35. The van der Waals surface area contributed by atoms with Gasteiger partial charge in [-0.05, 0) is 16.8 Å². The van der Waals surface area contributed by atoms with E-state index in [0.717, 1.165) is 5.39 Å². The quantitative estimate of drug-likeness (QED) is 0.764. The third-order valence-corrected chi connectivity index (χ3v) is 2.35. The molecule has 0 N–H and O–H groups in total. The number of hydrogen-bond acceptors (Lipinski definition) is 2. The van der Waals surface area contributed by atoms with Gasteiger partial charge in [0, 0.05) is 0 Å². The van der Waals surface area contributed by atoms with E-state index in [1.165, 1.54) is 0 Å². The Balaban J connectivity index is 2.32. The summed E-state index contributed by atoms with van der Waals surface area (Å²) in [5.41, 5.74) is 0.309. The van der Waals surface area contributed by atoms with E-state index in [1.807, 2.05) is 18.2 Å². The minimum Gasteiger partial charge on any atom is -0.456 e. The molecule has 0 saturated heterocycles. The molecule has 0 spiro atoms. The molecule has 0 atom stereocenters. The lowest BCUT2D eigenvalue weighted by Gasteiger charge is -2.06. The van der Waals surface area contributed by atoms with Crippen LogP contribution >= 0.6 is 0 Å². The fraction of sp³-hybridized carbons (Fsp3) is 0.154. The van der Waals surface area contributed by atoms with Gasteiger partial charge < -0.3 is 4.74 Å². The molecule has 0 bridgehead atoms. The van der Waals surface area contributed by atoms with E-state index in [2.05, 4.69) is 4.74 Å². The summed E-state index contributed by atoms with van der Waals surface area (Å²) in [4.78, 5) is 11.6. The van der Waals surface area contributed by atoms with Crippen LogP contribution in [0.2, 0.25) is 0 Å². The summed E-state index contributed by atoms with van der Waals surface area (Å²) in [6.07, 6.45) is -2.64. The lowest BCUT2D eigenvalue weighted by Crippen LogP contribution is -2.11. The van der Waals surface area contributed by atoms with Crippen molar-refractivity contribution in [2.75, 3.05) is 6.61 Å². The van der Waals surface area contributed by atoms with Gasteiger partial charge in [0.2, 0.25) is 0 Å². The summed E-state index contributed by atoms with van der Waals surface area (Å²) in [5, 5.41) is 1.58. The highest BCUT2D eigenvalue weighted by molar-refractivity contribution is 6.04. The first-order valence-electron chi connectivity index (χ1n) is 5.11. The van der Waals surface area contributed by atoms with Gasteiger partial charge in [-0.2, -0.15) is 0 Å². The van der Waals surface area contributed by atoms with Crippen LogP contribution in [-0.2, 0) is 4.74 Å².